The molecule has 3 aliphatic rings. The van der Waals surface area contributed by atoms with Gasteiger partial charge in [0, 0.05) is 12.1 Å². The van der Waals surface area contributed by atoms with Gasteiger partial charge in [-0.25, -0.2) is 0 Å². The first-order valence-electron chi connectivity index (χ1n) is 10.1. The van der Waals surface area contributed by atoms with Gasteiger partial charge in [-0.15, -0.1) is 0 Å². The van der Waals surface area contributed by atoms with Crippen LogP contribution in [0.25, 0.3) is 0 Å². The molecule has 2 aromatic carbocycles. The molecule has 2 bridgehead atoms. The summed E-state index contributed by atoms with van der Waals surface area (Å²) in [4.78, 5) is 15.5. The summed E-state index contributed by atoms with van der Waals surface area (Å²) in [6.45, 7) is 0.962. The van der Waals surface area contributed by atoms with E-state index in [4.69, 9.17) is 11.6 Å². The number of rotatable bonds is 4. The number of halogens is 4. The normalized spacial score (nSPS) is 25.2. The lowest BCUT2D eigenvalue weighted by Crippen LogP contribution is -2.62. The minimum Gasteiger partial charge on any atom is -0.343 e. The van der Waals surface area contributed by atoms with Crippen molar-refractivity contribution in [2.24, 2.45) is 5.92 Å². The number of hydrogen-bond donors (Lipinski definition) is 1. The van der Waals surface area contributed by atoms with Gasteiger partial charge >= 0.3 is 6.18 Å². The molecule has 1 saturated carbocycles. The molecule has 30 heavy (non-hydrogen) atoms. The van der Waals surface area contributed by atoms with Crippen LogP contribution in [-0.4, -0.2) is 29.9 Å². The second kappa shape index (κ2) is 7.89. The Kier molecular flexibility index (Phi) is 5.58. The van der Waals surface area contributed by atoms with E-state index in [0.717, 1.165) is 43.9 Å². The number of carbonyl (C=O) groups excluding carboxylic acids is 1. The predicted molar refractivity (Wildman–Crippen MR) is 110 cm³/mol. The zero-order valence-electron chi connectivity index (χ0n) is 16.7. The van der Waals surface area contributed by atoms with Crippen molar-refractivity contribution < 1.29 is 18.0 Å². The van der Waals surface area contributed by atoms with Gasteiger partial charge in [-0.1, -0.05) is 48.0 Å². The van der Waals surface area contributed by atoms with Crippen molar-refractivity contribution in [2.75, 3.05) is 13.6 Å². The Bertz CT molecular complexity index is 924. The number of alkyl halides is 3. The zero-order valence-corrected chi connectivity index (χ0v) is 17.4. The molecular formula is C23H24ClF3N2O. The van der Waals surface area contributed by atoms with E-state index in [0.29, 0.717) is 5.92 Å². The van der Waals surface area contributed by atoms with Crippen molar-refractivity contribution in [3.8, 4) is 0 Å². The molecule has 0 aromatic heterocycles. The molecule has 1 N–H and O–H groups in total. The molecule has 5 rings (SSSR count). The van der Waals surface area contributed by atoms with E-state index in [2.05, 4.69) is 17.3 Å². The third-order valence-electron chi connectivity index (χ3n) is 6.76. The molecule has 0 spiro atoms. The quantitative estimate of drug-likeness (QED) is 0.666. The Hall–Kier alpha value is -2.05. The molecule has 1 amide bonds. The zero-order chi connectivity index (χ0) is 21.5. The van der Waals surface area contributed by atoms with E-state index in [1.54, 1.807) is 0 Å². The number of amides is 1. The summed E-state index contributed by atoms with van der Waals surface area (Å²) in [6, 6.07) is 12.8. The SMILES string of the molecule is CN1CC2CCC1([C@@H](NC(=O)c1cccc(C(F)(F)F)c1Cl)c1ccccc1)CC2. The second-order valence-electron chi connectivity index (χ2n) is 8.41. The lowest BCUT2D eigenvalue weighted by molar-refractivity contribution is -0.137. The van der Waals surface area contributed by atoms with E-state index in [1.807, 2.05) is 30.3 Å². The highest BCUT2D eigenvalue weighted by molar-refractivity contribution is 6.34. The minimum absolute atomic E-state index is 0.157. The number of benzene rings is 2. The second-order valence-corrected chi connectivity index (χ2v) is 8.79. The van der Waals surface area contributed by atoms with Gasteiger partial charge in [0.25, 0.3) is 5.91 Å². The lowest BCUT2D eigenvalue weighted by atomic mass is 9.66. The third-order valence-corrected chi connectivity index (χ3v) is 7.16. The Balaban J connectivity index is 1.71. The van der Waals surface area contributed by atoms with Crippen LogP contribution in [0.1, 0.15) is 53.2 Å². The summed E-state index contributed by atoms with van der Waals surface area (Å²) in [7, 11) is 2.07. The first kappa shape index (κ1) is 21.2. The monoisotopic (exact) mass is 436 g/mol. The van der Waals surface area contributed by atoms with Crippen LogP contribution in [0.4, 0.5) is 13.2 Å². The van der Waals surface area contributed by atoms with Gasteiger partial charge < -0.3 is 5.32 Å². The number of likely N-dealkylation sites (N-methyl/N-ethyl adjacent to an activating group) is 1. The number of nitrogens with one attached hydrogen (secondary N) is 1. The van der Waals surface area contributed by atoms with Gasteiger partial charge in [0.15, 0.2) is 0 Å². The number of piperidine rings is 2. The van der Waals surface area contributed by atoms with Crippen molar-refractivity contribution in [3.05, 3.63) is 70.2 Å². The van der Waals surface area contributed by atoms with Gasteiger partial charge in [0.2, 0.25) is 0 Å². The summed E-state index contributed by atoms with van der Waals surface area (Å²) in [5.41, 5.74) is -0.474. The smallest absolute Gasteiger partial charge is 0.343 e. The first-order valence-corrected chi connectivity index (χ1v) is 10.5. The summed E-state index contributed by atoms with van der Waals surface area (Å²) in [6.07, 6.45) is -0.566. The fourth-order valence-electron chi connectivity index (χ4n) is 5.13. The van der Waals surface area contributed by atoms with Gasteiger partial charge in [-0.3, -0.25) is 9.69 Å². The maximum atomic E-state index is 13.3. The Morgan fingerprint density at radius 2 is 1.80 bits per heavy atom. The van der Waals surface area contributed by atoms with Crippen LogP contribution >= 0.6 is 11.6 Å². The standard InChI is InChI=1S/C23H24ClF3N2O/c1-29-14-15-10-12-22(29,13-11-15)20(16-6-3-2-4-7-16)28-21(30)17-8-5-9-18(19(17)24)23(25,26)27/h2-9,15,20H,10-14H2,1H3,(H,28,30)/t15?,20-,22?/m0/s1. The Morgan fingerprint density at radius 1 is 1.13 bits per heavy atom. The minimum atomic E-state index is -4.62. The van der Waals surface area contributed by atoms with Gasteiger partial charge in [0.05, 0.1) is 22.2 Å². The lowest BCUT2D eigenvalue weighted by Gasteiger charge is -2.57. The van der Waals surface area contributed by atoms with Gasteiger partial charge in [0.1, 0.15) is 0 Å². The molecule has 0 radical (unpaired) electrons. The van der Waals surface area contributed by atoms with E-state index in [-0.39, 0.29) is 17.1 Å². The highest BCUT2D eigenvalue weighted by Gasteiger charge is 2.50. The fourth-order valence-corrected chi connectivity index (χ4v) is 5.45. The van der Waals surface area contributed by atoms with Crippen LogP contribution in [-0.2, 0) is 6.18 Å². The van der Waals surface area contributed by atoms with Crippen LogP contribution < -0.4 is 5.32 Å². The molecule has 1 atom stereocenters. The predicted octanol–water partition coefficient (Wildman–Crippen LogP) is 5.70. The van der Waals surface area contributed by atoms with E-state index in [9.17, 15) is 18.0 Å². The van der Waals surface area contributed by atoms with Crippen LogP contribution in [0.3, 0.4) is 0 Å². The Labute approximate surface area is 179 Å². The maximum absolute atomic E-state index is 13.3. The van der Waals surface area contributed by atoms with Crippen LogP contribution in [0.15, 0.2) is 48.5 Å². The van der Waals surface area contributed by atoms with Crippen LogP contribution in [0, 0.1) is 5.92 Å². The van der Waals surface area contributed by atoms with Crippen molar-refractivity contribution in [2.45, 2.75) is 43.4 Å². The highest BCUT2D eigenvalue weighted by Crippen LogP contribution is 2.49. The van der Waals surface area contributed by atoms with Crippen LogP contribution in [0.5, 0.6) is 0 Å². The number of carbonyl (C=O) groups is 1. The molecule has 0 unspecified atom stereocenters. The molecule has 2 heterocycles. The van der Waals surface area contributed by atoms with Crippen molar-refractivity contribution >= 4 is 17.5 Å². The average molecular weight is 437 g/mol. The molecule has 3 nitrogen and oxygen atoms in total. The topological polar surface area (TPSA) is 32.3 Å². The molecule has 160 valence electrons. The number of nitrogens with zero attached hydrogens (tertiary/aromatic N) is 1. The number of fused-ring (bicyclic) bond motifs is 3. The molecule has 2 aromatic rings. The maximum Gasteiger partial charge on any atom is 0.417 e. The van der Waals surface area contributed by atoms with E-state index < -0.39 is 22.7 Å². The highest BCUT2D eigenvalue weighted by atomic mass is 35.5. The third kappa shape index (κ3) is 3.71. The molecule has 1 aliphatic carbocycles. The summed E-state index contributed by atoms with van der Waals surface area (Å²) in [5, 5.41) is 2.49. The molecule has 7 heteroatoms. The van der Waals surface area contributed by atoms with E-state index in [1.165, 1.54) is 12.1 Å². The molecule has 2 saturated heterocycles. The summed E-state index contributed by atoms with van der Waals surface area (Å²) >= 11 is 6.02. The molecular weight excluding hydrogens is 413 g/mol. The summed E-state index contributed by atoms with van der Waals surface area (Å²) in [5.74, 6) is 0.0809. The Morgan fingerprint density at radius 3 is 2.40 bits per heavy atom. The fraction of sp³-hybridized carbons (Fsp3) is 0.435. The first-order chi connectivity index (χ1) is 14.2. The van der Waals surface area contributed by atoms with Crippen LogP contribution in [0.2, 0.25) is 5.02 Å². The van der Waals surface area contributed by atoms with Gasteiger partial charge in [-0.2, -0.15) is 13.2 Å². The molecule has 3 fully saturated rings. The van der Waals surface area contributed by atoms with Crippen molar-refractivity contribution in [1.29, 1.82) is 0 Å². The molecule has 2 aliphatic heterocycles. The van der Waals surface area contributed by atoms with Crippen molar-refractivity contribution in [3.63, 3.8) is 0 Å². The average Bonchev–Trinajstić information content (AvgIpc) is 2.72. The van der Waals surface area contributed by atoms with Gasteiger partial charge in [-0.05, 0) is 56.3 Å². The van der Waals surface area contributed by atoms with Crippen molar-refractivity contribution in [1.82, 2.24) is 10.2 Å². The number of hydrogen-bond acceptors (Lipinski definition) is 2. The van der Waals surface area contributed by atoms with E-state index >= 15 is 0 Å². The largest absolute Gasteiger partial charge is 0.417 e. The summed E-state index contributed by atoms with van der Waals surface area (Å²) < 4.78 is 39.8.